The lowest BCUT2D eigenvalue weighted by Gasteiger charge is -2.23. The van der Waals surface area contributed by atoms with Crippen LogP contribution in [0.25, 0.3) is 0 Å². The van der Waals surface area contributed by atoms with Gasteiger partial charge in [-0.2, -0.15) is 0 Å². The Bertz CT molecular complexity index is 608. The van der Waals surface area contributed by atoms with Crippen LogP contribution in [0.2, 0.25) is 0 Å². The second kappa shape index (κ2) is 9.94. The predicted molar refractivity (Wildman–Crippen MR) is 100 cm³/mol. The molecule has 1 aromatic rings. The Labute approximate surface area is 155 Å². The van der Waals surface area contributed by atoms with Crippen LogP contribution in [0.4, 0.5) is 0 Å². The van der Waals surface area contributed by atoms with Crippen molar-refractivity contribution < 1.29 is 19.1 Å². The fourth-order valence-corrected chi connectivity index (χ4v) is 2.22. The molecule has 1 aromatic carbocycles. The second-order valence-electron chi connectivity index (χ2n) is 7.28. The van der Waals surface area contributed by atoms with Gasteiger partial charge in [0.1, 0.15) is 12.1 Å². The molecule has 0 fully saturated rings. The van der Waals surface area contributed by atoms with E-state index in [1.54, 1.807) is 34.6 Å². The number of aryl methyl sites for hydroxylation is 1. The third-order valence-corrected chi connectivity index (χ3v) is 3.87. The third kappa shape index (κ3) is 7.25. The van der Waals surface area contributed by atoms with Gasteiger partial charge >= 0.3 is 5.97 Å². The minimum atomic E-state index is -0.753. The standard InChI is InChI=1S/C20H30N2O4/c1-6-26-18(24)16(13-12-15-10-8-7-9-11-15)22-17(23)14(2)21-19(25)20(3,4)5/h7-11,14,16H,6,12-13H2,1-5H3,(H,21,25)(H,22,23). The van der Waals surface area contributed by atoms with Gasteiger partial charge in [0, 0.05) is 5.41 Å². The van der Waals surface area contributed by atoms with E-state index in [9.17, 15) is 14.4 Å². The maximum Gasteiger partial charge on any atom is 0.328 e. The fourth-order valence-electron chi connectivity index (χ4n) is 2.22. The van der Waals surface area contributed by atoms with Gasteiger partial charge in [-0.15, -0.1) is 0 Å². The van der Waals surface area contributed by atoms with Crippen molar-refractivity contribution >= 4 is 17.8 Å². The van der Waals surface area contributed by atoms with Gasteiger partial charge in [-0.1, -0.05) is 51.1 Å². The zero-order valence-corrected chi connectivity index (χ0v) is 16.3. The van der Waals surface area contributed by atoms with Crippen molar-refractivity contribution in [1.82, 2.24) is 10.6 Å². The van der Waals surface area contributed by atoms with Gasteiger partial charge in [-0.25, -0.2) is 4.79 Å². The molecule has 144 valence electrons. The van der Waals surface area contributed by atoms with Gasteiger partial charge in [0.2, 0.25) is 11.8 Å². The van der Waals surface area contributed by atoms with E-state index in [-0.39, 0.29) is 12.5 Å². The summed E-state index contributed by atoms with van der Waals surface area (Å²) in [6.07, 6.45) is 1.06. The average molecular weight is 362 g/mol. The van der Waals surface area contributed by atoms with E-state index in [0.717, 1.165) is 5.56 Å². The van der Waals surface area contributed by atoms with E-state index >= 15 is 0 Å². The van der Waals surface area contributed by atoms with Crippen molar-refractivity contribution in [3.8, 4) is 0 Å². The van der Waals surface area contributed by atoms with Gasteiger partial charge in [-0.3, -0.25) is 9.59 Å². The molecule has 6 nitrogen and oxygen atoms in total. The first-order chi connectivity index (χ1) is 12.1. The Balaban J connectivity index is 2.70. The first-order valence-corrected chi connectivity index (χ1v) is 8.97. The second-order valence-corrected chi connectivity index (χ2v) is 7.28. The van der Waals surface area contributed by atoms with Crippen LogP contribution in [0.1, 0.15) is 46.6 Å². The number of carbonyl (C=O) groups is 3. The summed E-state index contributed by atoms with van der Waals surface area (Å²) in [7, 11) is 0. The molecule has 0 heterocycles. The van der Waals surface area contributed by atoms with Crippen molar-refractivity contribution in [3.63, 3.8) is 0 Å². The minimum Gasteiger partial charge on any atom is -0.464 e. The molecule has 2 unspecified atom stereocenters. The van der Waals surface area contributed by atoms with E-state index in [4.69, 9.17) is 4.74 Å². The number of ether oxygens (including phenoxy) is 1. The summed E-state index contributed by atoms with van der Waals surface area (Å²) in [6, 6.07) is 8.22. The molecule has 26 heavy (non-hydrogen) atoms. The number of hydrogen-bond acceptors (Lipinski definition) is 4. The Morgan fingerprint density at radius 2 is 1.69 bits per heavy atom. The normalized spacial score (nSPS) is 13.4. The van der Waals surface area contributed by atoms with Gasteiger partial charge in [0.05, 0.1) is 6.61 Å². The first-order valence-electron chi connectivity index (χ1n) is 8.97. The number of esters is 1. The number of nitrogens with one attached hydrogen (secondary N) is 2. The lowest BCUT2D eigenvalue weighted by Crippen LogP contribution is -2.52. The number of carbonyl (C=O) groups excluding carboxylic acids is 3. The van der Waals surface area contributed by atoms with E-state index < -0.39 is 29.4 Å². The third-order valence-electron chi connectivity index (χ3n) is 3.87. The highest BCUT2D eigenvalue weighted by Gasteiger charge is 2.28. The summed E-state index contributed by atoms with van der Waals surface area (Å²) in [5.41, 5.74) is 0.479. The van der Waals surface area contributed by atoms with E-state index in [2.05, 4.69) is 10.6 Å². The topological polar surface area (TPSA) is 84.5 Å². The Morgan fingerprint density at radius 1 is 1.08 bits per heavy atom. The largest absolute Gasteiger partial charge is 0.464 e. The summed E-state index contributed by atoms with van der Waals surface area (Å²) in [6.45, 7) is 8.88. The molecule has 0 radical (unpaired) electrons. The van der Waals surface area contributed by atoms with Gasteiger partial charge in [-0.05, 0) is 32.3 Å². The van der Waals surface area contributed by atoms with E-state index in [1.807, 2.05) is 30.3 Å². The van der Waals surface area contributed by atoms with Crippen molar-refractivity contribution in [2.45, 2.75) is 59.5 Å². The average Bonchev–Trinajstić information content (AvgIpc) is 2.58. The molecule has 0 aliphatic rings. The Hall–Kier alpha value is -2.37. The molecule has 0 bridgehead atoms. The molecule has 0 aliphatic heterocycles. The summed E-state index contributed by atoms with van der Waals surface area (Å²) in [5.74, 6) is -1.10. The summed E-state index contributed by atoms with van der Waals surface area (Å²) in [5, 5.41) is 5.37. The fraction of sp³-hybridized carbons (Fsp3) is 0.550. The van der Waals surface area contributed by atoms with Gasteiger partial charge in [0.15, 0.2) is 0 Å². The van der Waals surface area contributed by atoms with Crippen LogP contribution < -0.4 is 10.6 Å². The number of amides is 2. The van der Waals surface area contributed by atoms with Crippen LogP contribution in [0.15, 0.2) is 30.3 Å². The summed E-state index contributed by atoms with van der Waals surface area (Å²) in [4.78, 5) is 36.6. The molecule has 0 spiro atoms. The summed E-state index contributed by atoms with van der Waals surface area (Å²) < 4.78 is 5.07. The monoisotopic (exact) mass is 362 g/mol. The van der Waals surface area contributed by atoms with Gasteiger partial charge < -0.3 is 15.4 Å². The molecule has 1 rings (SSSR count). The molecule has 2 N–H and O–H groups in total. The SMILES string of the molecule is CCOC(=O)C(CCc1ccccc1)NC(=O)C(C)NC(=O)C(C)(C)C. The van der Waals surface area contributed by atoms with Crippen LogP contribution in [-0.4, -0.2) is 36.5 Å². The molecular weight excluding hydrogens is 332 g/mol. The smallest absolute Gasteiger partial charge is 0.328 e. The van der Waals surface area contributed by atoms with Crippen molar-refractivity contribution in [2.24, 2.45) is 5.41 Å². The van der Waals surface area contributed by atoms with E-state index in [0.29, 0.717) is 12.8 Å². The molecule has 6 heteroatoms. The molecule has 0 aromatic heterocycles. The Kier molecular flexibility index (Phi) is 8.29. The van der Waals surface area contributed by atoms with Crippen LogP contribution in [0, 0.1) is 5.41 Å². The summed E-state index contributed by atoms with van der Waals surface area (Å²) >= 11 is 0. The lowest BCUT2D eigenvalue weighted by atomic mass is 9.95. The number of hydrogen-bond donors (Lipinski definition) is 2. The van der Waals surface area contributed by atoms with Crippen LogP contribution >= 0.6 is 0 Å². The van der Waals surface area contributed by atoms with Crippen LogP contribution in [0.5, 0.6) is 0 Å². The van der Waals surface area contributed by atoms with Crippen molar-refractivity contribution in [1.29, 1.82) is 0 Å². The molecule has 0 saturated heterocycles. The molecule has 0 saturated carbocycles. The Morgan fingerprint density at radius 3 is 2.23 bits per heavy atom. The van der Waals surface area contributed by atoms with Crippen molar-refractivity contribution in [2.75, 3.05) is 6.61 Å². The van der Waals surface area contributed by atoms with Crippen molar-refractivity contribution in [3.05, 3.63) is 35.9 Å². The first kappa shape index (κ1) is 21.7. The zero-order valence-electron chi connectivity index (χ0n) is 16.3. The highest BCUT2D eigenvalue weighted by molar-refractivity contribution is 5.91. The quantitative estimate of drug-likeness (QED) is 0.695. The zero-order chi connectivity index (χ0) is 19.7. The maximum atomic E-state index is 12.4. The number of rotatable bonds is 8. The highest BCUT2D eigenvalue weighted by atomic mass is 16.5. The molecular formula is C20H30N2O4. The maximum absolute atomic E-state index is 12.4. The van der Waals surface area contributed by atoms with Crippen LogP contribution in [0.3, 0.4) is 0 Å². The highest BCUT2D eigenvalue weighted by Crippen LogP contribution is 2.13. The molecule has 0 aliphatic carbocycles. The minimum absolute atomic E-state index is 0.225. The molecule has 2 atom stereocenters. The van der Waals surface area contributed by atoms with Crippen LogP contribution in [-0.2, 0) is 25.5 Å². The lowest BCUT2D eigenvalue weighted by molar-refractivity contribution is -0.147. The van der Waals surface area contributed by atoms with E-state index in [1.165, 1.54) is 0 Å². The predicted octanol–water partition coefficient (Wildman–Crippen LogP) is 2.22. The van der Waals surface area contributed by atoms with Gasteiger partial charge in [0.25, 0.3) is 0 Å². The number of benzene rings is 1. The molecule has 2 amide bonds.